The highest BCUT2D eigenvalue weighted by Crippen LogP contribution is 2.29. The molecule has 3 atom stereocenters. The molecule has 1 aromatic carbocycles. The van der Waals surface area contributed by atoms with Gasteiger partial charge in [0.05, 0.1) is 25.6 Å². The molecule has 0 aliphatic carbocycles. The molecule has 15 heteroatoms. The van der Waals surface area contributed by atoms with Gasteiger partial charge < -0.3 is 34.8 Å². The highest BCUT2D eigenvalue weighted by Gasteiger charge is 2.32. The smallest absolute Gasteiger partial charge is 0.321 e. The molecule has 4 rings (SSSR count). The fraction of sp³-hybridized carbons (Fsp3) is 0.500. The van der Waals surface area contributed by atoms with E-state index in [0.717, 1.165) is 0 Å². The normalized spacial score (nSPS) is 17.9. The van der Waals surface area contributed by atoms with Crippen molar-refractivity contribution in [2.24, 2.45) is 5.92 Å². The highest BCUT2D eigenvalue weighted by atomic mass is 16.5. The first-order valence-electron chi connectivity index (χ1n) is 13.2. The van der Waals surface area contributed by atoms with Crippen molar-refractivity contribution in [3.8, 4) is 5.75 Å². The summed E-state index contributed by atoms with van der Waals surface area (Å²) in [5.41, 5.74) is 2.11. The van der Waals surface area contributed by atoms with Crippen LogP contribution in [0.15, 0.2) is 29.0 Å². The average molecular weight is 570 g/mol. The van der Waals surface area contributed by atoms with E-state index in [2.05, 4.69) is 31.3 Å². The van der Waals surface area contributed by atoms with Crippen molar-refractivity contribution in [2.45, 2.75) is 52.8 Å². The van der Waals surface area contributed by atoms with Gasteiger partial charge in [-0.1, -0.05) is 12.1 Å². The van der Waals surface area contributed by atoms with Gasteiger partial charge in [0.2, 0.25) is 11.8 Å². The van der Waals surface area contributed by atoms with E-state index in [9.17, 15) is 19.5 Å². The van der Waals surface area contributed by atoms with Crippen LogP contribution in [0.25, 0.3) is 0 Å². The van der Waals surface area contributed by atoms with Crippen molar-refractivity contribution in [3.63, 3.8) is 0 Å². The maximum atomic E-state index is 13.4. The van der Waals surface area contributed by atoms with E-state index < -0.39 is 12.1 Å². The van der Waals surface area contributed by atoms with Crippen LogP contribution in [0.3, 0.4) is 0 Å². The summed E-state index contributed by atoms with van der Waals surface area (Å²) in [6.07, 6.45) is 0.826. The van der Waals surface area contributed by atoms with Crippen molar-refractivity contribution < 1.29 is 28.8 Å². The number of nitrogens with one attached hydrogen (secondary N) is 2. The van der Waals surface area contributed by atoms with Crippen LogP contribution in [-0.4, -0.2) is 97.0 Å². The number of urea groups is 1. The molecule has 1 aliphatic rings. The number of anilines is 2. The number of fused-ring (bicyclic) bond motifs is 1. The minimum absolute atomic E-state index is 0.00180. The molecule has 0 bridgehead atoms. The van der Waals surface area contributed by atoms with E-state index in [1.807, 2.05) is 6.92 Å². The molecule has 0 fully saturated rings. The fourth-order valence-corrected chi connectivity index (χ4v) is 4.54. The molecule has 220 valence electrons. The molecule has 0 saturated heterocycles. The monoisotopic (exact) mass is 569 g/mol. The van der Waals surface area contributed by atoms with Crippen LogP contribution in [0.4, 0.5) is 16.2 Å². The maximum Gasteiger partial charge on any atom is 0.321 e. The number of tetrazole rings is 1. The second-order valence-electron chi connectivity index (χ2n) is 10.3. The second kappa shape index (κ2) is 12.8. The molecule has 15 nitrogen and oxygen atoms in total. The molecule has 3 aromatic rings. The third-order valence-electron chi connectivity index (χ3n) is 6.96. The summed E-state index contributed by atoms with van der Waals surface area (Å²) < 4.78 is 12.9. The molecule has 3 heterocycles. The summed E-state index contributed by atoms with van der Waals surface area (Å²) in [6.45, 7) is 7.40. The predicted molar refractivity (Wildman–Crippen MR) is 146 cm³/mol. The molecule has 3 N–H and O–H groups in total. The quantitative estimate of drug-likeness (QED) is 0.357. The number of ether oxygens (including phenoxy) is 1. The largest absolute Gasteiger partial charge is 0.488 e. The van der Waals surface area contributed by atoms with E-state index in [1.54, 1.807) is 50.9 Å². The molecular weight excluding hydrogens is 534 g/mol. The van der Waals surface area contributed by atoms with Crippen LogP contribution in [-0.2, 0) is 22.6 Å². The van der Waals surface area contributed by atoms with Crippen molar-refractivity contribution in [1.82, 2.24) is 35.2 Å². The molecule has 0 spiro atoms. The number of aromatic nitrogens is 5. The Morgan fingerprint density at radius 3 is 2.71 bits per heavy atom. The Hall–Kier alpha value is -4.53. The van der Waals surface area contributed by atoms with Crippen LogP contribution in [0, 0.1) is 19.8 Å². The summed E-state index contributed by atoms with van der Waals surface area (Å²) in [5, 5.41) is 30.1. The van der Waals surface area contributed by atoms with Gasteiger partial charge in [0, 0.05) is 30.8 Å². The summed E-state index contributed by atoms with van der Waals surface area (Å²) in [4.78, 5) is 42.1. The van der Waals surface area contributed by atoms with E-state index >= 15 is 0 Å². The Kier molecular flexibility index (Phi) is 9.17. The number of rotatable bonds is 8. The minimum Gasteiger partial charge on any atom is -0.488 e. The number of aliphatic hydroxyl groups is 1. The summed E-state index contributed by atoms with van der Waals surface area (Å²) in [7, 11) is 1.65. The summed E-state index contributed by atoms with van der Waals surface area (Å²) >= 11 is 0. The van der Waals surface area contributed by atoms with Crippen LogP contribution < -0.4 is 15.4 Å². The number of nitrogens with zero attached hydrogens (tertiary/aromatic N) is 7. The van der Waals surface area contributed by atoms with Gasteiger partial charge in [0.1, 0.15) is 36.1 Å². The van der Waals surface area contributed by atoms with Crippen LogP contribution in [0.2, 0.25) is 0 Å². The first-order chi connectivity index (χ1) is 19.5. The van der Waals surface area contributed by atoms with Crippen molar-refractivity contribution in [3.05, 3.63) is 41.5 Å². The van der Waals surface area contributed by atoms with Crippen molar-refractivity contribution >= 4 is 29.2 Å². The number of aryl methyl sites for hydroxylation is 2. The van der Waals surface area contributed by atoms with Gasteiger partial charge in [-0.3, -0.25) is 9.59 Å². The SMILES string of the molecule is Cc1noc(C)c1NC(=O)N(C)C[C@@H]1Oc2ccc(NC(=O)Cn3cnnn3)cc2CC(=O)N([C@@H](C)CO)C[C@H]1C. The third kappa shape index (κ3) is 7.16. The van der Waals surface area contributed by atoms with E-state index in [0.29, 0.717) is 40.7 Å². The first kappa shape index (κ1) is 29.5. The van der Waals surface area contributed by atoms with E-state index in [1.165, 1.54) is 15.9 Å². The molecule has 0 saturated carbocycles. The van der Waals surface area contributed by atoms with Gasteiger partial charge in [-0.25, -0.2) is 9.48 Å². The number of hydrogen-bond acceptors (Lipinski definition) is 10. The topological polar surface area (TPSA) is 181 Å². The number of aliphatic hydroxyl groups excluding tert-OH is 1. The standard InChI is InChI=1S/C26H35N9O6/c1-15-10-35(16(2)13-36)24(38)9-19-8-20(28-23(37)12-34-14-27-31-32-34)6-7-21(19)40-22(15)11-33(5)26(39)29-25-17(3)30-41-18(25)4/h6-8,14-16,22,36H,9-13H2,1-5H3,(H,28,37)(H,29,39)/t15-,16+,22+/m1/s1. The molecular formula is C26H35N9O6. The lowest BCUT2D eigenvalue weighted by molar-refractivity contribution is -0.134. The van der Waals surface area contributed by atoms with E-state index in [-0.39, 0.29) is 49.9 Å². The van der Waals surface area contributed by atoms with Gasteiger partial charge in [0.15, 0.2) is 5.76 Å². The Morgan fingerprint density at radius 1 is 1.27 bits per heavy atom. The molecule has 41 heavy (non-hydrogen) atoms. The number of carbonyl (C=O) groups is 3. The van der Waals surface area contributed by atoms with Crippen LogP contribution in [0.5, 0.6) is 5.75 Å². The zero-order valence-electron chi connectivity index (χ0n) is 23.7. The third-order valence-corrected chi connectivity index (χ3v) is 6.96. The minimum atomic E-state index is -0.506. The Balaban J connectivity index is 1.57. The van der Waals surface area contributed by atoms with Crippen LogP contribution >= 0.6 is 0 Å². The number of hydrogen-bond donors (Lipinski definition) is 3. The fourth-order valence-electron chi connectivity index (χ4n) is 4.54. The lowest BCUT2D eigenvalue weighted by atomic mass is 10.0. The van der Waals surface area contributed by atoms with Gasteiger partial charge in [0.25, 0.3) is 0 Å². The molecule has 1 aliphatic heterocycles. The first-order valence-corrected chi connectivity index (χ1v) is 13.2. The molecule has 2 aromatic heterocycles. The average Bonchev–Trinajstić information content (AvgIpc) is 3.57. The zero-order chi connectivity index (χ0) is 29.7. The number of likely N-dealkylation sites (N-methyl/N-ethyl adjacent to an activating group) is 1. The van der Waals surface area contributed by atoms with Crippen molar-refractivity contribution in [1.29, 1.82) is 0 Å². The number of amides is 4. The van der Waals surface area contributed by atoms with Gasteiger partial charge >= 0.3 is 6.03 Å². The predicted octanol–water partition coefficient (Wildman–Crippen LogP) is 1.23. The molecule has 4 amide bonds. The summed E-state index contributed by atoms with van der Waals surface area (Å²) in [6, 6.07) is 4.28. The lowest BCUT2D eigenvalue weighted by Gasteiger charge is -2.34. The highest BCUT2D eigenvalue weighted by molar-refractivity contribution is 5.91. The Morgan fingerprint density at radius 2 is 2.05 bits per heavy atom. The zero-order valence-corrected chi connectivity index (χ0v) is 23.7. The molecule has 0 unspecified atom stereocenters. The number of carbonyl (C=O) groups excluding carboxylic acids is 3. The van der Waals surface area contributed by atoms with Gasteiger partial charge in [-0.05, 0) is 49.4 Å². The second-order valence-corrected chi connectivity index (χ2v) is 10.3. The Labute approximate surface area is 236 Å². The number of benzene rings is 1. The lowest BCUT2D eigenvalue weighted by Crippen LogP contribution is -2.48. The molecule has 0 radical (unpaired) electrons. The van der Waals surface area contributed by atoms with Crippen LogP contribution in [0.1, 0.15) is 30.9 Å². The maximum absolute atomic E-state index is 13.4. The van der Waals surface area contributed by atoms with Gasteiger partial charge in [-0.2, -0.15) is 0 Å². The van der Waals surface area contributed by atoms with Crippen molar-refractivity contribution in [2.75, 3.05) is 37.4 Å². The van der Waals surface area contributed by atoms with E-state index in [4.69, 9.17) is 9.26 Å². The summed E-state index contributed by atoms with van der Waals surface area (Å²) in [5.74, 6) is 0.222. The Bertz CT molecular complexity index is 1360. The van der Waals surface area contributed by atoms with Gasteiger partial charge in [-0.15, -0.1) is 5.10 Å².